The van der Waals surface area contributed by atoms with Gasteiger partial charge in [0.05, 0.1) is 22.4 Å². The molecule has 2 amide bonds. The molecular formula is C36H44ClN7O4. The van der Waals surface area contributed by atoms with Gasteiger partial charge in [0.15, 0.2) is 6.10 Å². The van der Waals surface area contributed by atoms with Crippen molar-refractivity contribution in [3.8, 4) is 11.3 Å². The summed E-state index contributed by atoms with van der Waals surface area (Å²) >= 11 is 6.54. The molecule has 2 aromatic carbocycles. The molecule has 0 unspecified atom stereocenters. The van der Waals surface area contributed by atoms with Crippen LogP contribution in [0.3, 0.4) is 0 Å². The molecule has 0 spiro atoms. The molecule has 254 valence electrons. The predicted molar refractivity (Wildman–Crippen MR) is 185 cm³/mol. The second-order valence-electron chi connectivity index (χ2n) is 13.8. The Hall–Kier alpha value is -4.09. The number of hydrogen-bond acceptors (Lipinski definition) is 6. The number of ether oxygens (including phenoxy) is 1. The Morgan fingerprint density at radius 3 is 2.31 bits per heavy atom. The molecule has 7 rings (SSSR count). The number of hydrogen-bond donors (Lipinski definition) is 2. The number of carbonyl (C=O) groups is 2. The van der Waals surface area contributed by atoms with Gasteiger partial charge in [-0.15, -0.1) is 0 Å². The second kappa shape index (κ2) is 14.2. The fraction of sp³-hybridized carbons (Fsp3) is 0.500. The highest BCUT2D eigenvalue weighted by molar-refractivity contribution is 6.35. The maximum absolute atomic E-state index is 14.1. The first-order valence-corrected chi connectivity index (χ1v) is 17.6. The Morgan fingerprint density at radius 2 is 1.60 bits per heavy atom. The number of likely N-dealkylation sites (tertiary alicyclic amines) is 3. The lowest BCUT2D eigenvalue weighted by Crippen LogP contribution is -2.49. The first kappa shape index (κ1) is 32.5. The molecule has 12 heteroatoms. The van der Waals surface area contributed by atoms with Crippen LogP contribution >= 0.6 is 11.6 Å². The van der Waals surface area contributed by atoms with Gasteiger partial charge in [0.1, 0.15) is 0 Å². The Morgan fingerprint density at radius 1 is 0.938 bits per heavy atom. The molecule has 3 saturated heterocycles. The van der Waals surface area contributed by atoms with Crippen molar-refractivity contribution in [1.82, 2.24) is 34.4 Å². The number of benzene rings is 2. The number of carbonyl (C=O) groups excluding carboxylic acids is 2. The third-order valence-electron chi connectivity index (χ3n) is 10.7. The van der Waals surface area contributed by atoms with Crippen molar-refractivity contribution in [3.05, 3.63) is 75.9 Å². The number of H-pyrrole nitrogens is 2. The van der Waals surface area contributed by atoms with Gasteiger partial charge in [0, 0.05) is 50.2 Å². The van der Waals surface area contributed by atoms with E-state index in [2.05, 4.69) is 27.1 Å². The zero-order valence-corrected chi connectivity index (χ0v) is 28.2. The normalized spacial score (nSPS) is 19.5. The highest BCUT2D eigenvalue weighted by Gasteiger charge is 2.36. The molecule has 0 saturated carbocycles. The maximum Gasteiger partial charge on any atom is 0.410 e. The number of rotatable bonds is 7. The van der Waals surface area contributed by atoms with Gasteiger partial charge in [-0.3, -0.25) is 14.5 Å². The fourth-order valence-electron chi connectivity index (χ4n) is 7.85. The summed E-state index contributed by atoms with van der Waals surface area (Å²) in [6, 6.07) is 13.5. The molecule has 0 aliphatic carbocycles. The summed E-state index contributed by atoms with van der Waals surface area (Å²) in [6.07, 6.45) is 7.91. The van der Waals surface area contributed by atoms with Gasteiger partial charge in [0.25, 0.3) is 5.91 Å². The lowest BCUT2D eigenvalue weighted by molar-refractivity contribution is -0.142. The third-order valence-corrected chi connectivity index (χ3v) is 11.0. The Kier molecular flexibility index (Phi) is 9.59. The van der Waals surface area contributed by atoms with E-state index >= 15 is 0 Å². The van der Waals surface area contributed by atoms with E-state index in [9.17, 15) is 14.4 Å². The highest BCUT2D eigenvalue weighted by atomic mass is 35.5. The van der Waals surface area contributed by atoms with Crippen molar-refractivity contribution in [2.45, 2.75) is 57.1 Å². The molecule has 11 nitrogen and oxygen atoms in total. The monoisotopic (exact) mass is 673 g/mol. The number of aromatic nitrogens is 4. The molecule has 2 aromatic heterocycles. The molecule has 0 bridgehead atoms. The Balaban J connectivity index is 1.01. The number of piperidine rings is 3. The van der Waals surface area contributed by atoms with Crippen LogP contribution in [0.1, 0.15) is 50.1 Å². The average Bonchev–Trinajstić information content (AvgIpc) is 3.76. The van der Waals surface area contributed by atoms with E-state index in [1.807, 2.05) is 53.6 Å². The van der Waals surface area contributed by atoms with Crippen LogP contribution in [0.2, 0.25) is 5.02 Å². The Labute approximate surface area is 285 Å². The maximum atomic E-state index is 14.1. The molecule has 0 radical (unpaired) electrons. The van der Waals surface area contributed by atoms with Crippen LogP contribution in [0, 0.1) is 11.8 Å². The van der Waals surface area contributed by atoms with Crippen LogP contribution in [-0.2, 0) is 16.0 Å². The van der Waals surface area contributed by atoms with E-state index in [0.717, 1.165) is 53.7 Å². The topological polar surface area (TPSA) is 120 Å². The van der Waals surface area contributed by atoms with Gasteiger partial charge in [-0.1, -0.05) is 41.9 Å². The number of nitrogens with zero attached hydrogens (tertiary/aromatic N) is 5. The molecule has 3 aliphatic rings. The molecule has 5 heterocycles. The van der Waals surface area contributed by atoms with Gasteiger partial charge in [-0.2, -0.15) is 5.10 Å². The molecule has 48 heavy (non-hydrogen) atoms. The first-order valence-electron chi connectivity index (χ1n) is 17.2. The Bertz CT molecular complexity index is 1780. The third kappa shape index (κ3) is 7.03. The van der Waals surface area contributed by atoms with E-state index in [-0.39, 0.29) is 24.1 Å². The summed E-state index contributed by atoms with van der Waals surface area (Å²) in [5.74, 6) is 1.19. The minimum atomic E-state index is -0.976. The summed E-state index contributed by atoms with van der Waals surface area (Å²) in [5, 5.41) is 8.35. The SMILES string of the molecule is CN1CCC(C2CCN(C(=O)[C@@H](Cc3cc(Cl)c4[nH]ncc4c3)OC(=O)N3CCC(n4cc(-c5ccccc5)[nH]c4=O)CC3)CC2)CC1. The zero-order chi connectivity index (χ0) is 33.2. The van der Waals surface area contributed by atoms with Crippen molar-refractivity contribution in [3.63, 3.8) is 0 Å². The number of imidazole rings is 1. The van der Waals surface area contributed by atoms with Crippen LogP contribution in [0.5, 0.6) is 0 Å². The highest BCUT2D eigenvalue weighted by Crippen LogP contribution is 2.33. The van der Waals surface area contributed by atoms with Crippen molar-refractivity contribution in [1.29, 1.82) is 0 Å². The summed E-state index contributed by atoms with van der Waals surface area (Å²) < 4.78 is 7.81. The van der Waals surface area contributed by atoms with Crippen molar-refractivity contribution in [2.75, 3.05) is 46.3 Å². The van der Waals surface area contributed by atoms with E-state index in [1.54, 1.807) is 15.7 Å². The predicted octanol–water partition coefficient (Wildman–Crippen LogP) is 5.34. The fourth-order valence-corrected chi connectivity index (χ4v) is 8.14. The number of fused-ring (bicyclic) bond motifs is 1. The first-order chi connectivity index (χ1) is 23.3. The summed E-state index contributed by atoms with van der Waals surface area (Å²) in [5.41, 5.74) is 3.10. The van der Waals surface area contributed by atoms with E-state index in [0.29, 0.717) is 55.9 Å². The number of halogens is 1. The van der Waals surface area contributed by atoms with Gasteiger partial charge >= 0.3 is 11.8 Å². The average molecular weight is 674 g/mol. The molecule has 4 aromatic rings. The molecule has 3 aliphatic heterocycles. The van der Waals surface area contributed by atoms with Gasteiger partial charge in [0.2, 0.25) is 0 Å². The lowest BCUT2D eigenvalue weighted by atomic mass is 9.79. The van der Waals surface area contributed by atoms with Crippen LogP contribution in [0.25, 0.3) is 22.2 Å². The number of nitrogens with one attached hydrogen (secondary N) is 2. The van der Waals surface area contributed by atoms with E-state index < -0.39 is 12.2 Å². The van der Waals surface area contributed by atoms with Crippen molar-refractivity contribution in [2.24, 2.45) is 11.8 Å². The minimum absolute atomic E-state index is 0.0395. The van der Waals surface area contributed by atoms with Crippen molar-refractivity contribution >= 4 is 34.5 Å². The summed E-state index contributed by atoms with van der Waals surface area (Å²) in [4.78, 5) is 49.4. The lowest BCUT2D eigenvalue weighted by Gasteiger charge is -2.40. The standard InChI is InChI=1S/C36H44ClN7O4/c1-41-13-7-25(8-14-41)26-9-15-42(16-10-26)34(45)32(21-24-19-28-22-38-40-33(28)30(37)20-24)48-36(47)43-17-11-29(12-18-43)44-23-31(39-35(44)46)27-5-3-2-4-6-27/h2-6,19-20,22-23,25-26,29,32H,7-18,21H2,1H3,(H,38,40)(H,39,46)/t32-/m1/s1. The molecule has 1 atom stereocenters. The van der Waals surface area contributed by atoms with Crippen LogP contribution in [-0.4, -0.2) is 98.9 Å². The summed E-state index contributed by atoms with van der Waals surface area (Å²) in [7, 11) is 2.18. The quantitative estimate of drug-likeness (QED) is 0.274. The summed E-state index contributed by atoms with van der Waals surface area (Å²) in [6.45, 7) is 4.48. The van der Waals surface area contributed by atoms with Gasteiger partial charge in [-0.25, -0.2) is 9.59 Å². The smallest absolute Gasteiger partial charge is 0.410 e. The largest absolute Gasteiger partial charge is 0.436 e. The molecular weight excluding hydrogens is 630 g/mol. The second-order valence-corrected chi connectivity index (χ2v) is 14.2. The van der Waals surface area contributed by atoms with Crippen LogP contribution in [0.4, 0.5) is 4.79 Å². The van der Waals surface area contributed by atoms with E-state index in [1.165, 1.54) is 12.8 Å². The van der Waals surface area contributed by atoms with Crippen LogP contribution in [0.15, 0.2) is 59.7 Å². The molecule has 3 fully saturated rings. The van der Waals surface area contributed by atoms with Gasteiger partial charge in [-0.05, 0) is 93.8 Å². The van der Waals surface area contributed by atoms with Gasteiger partial charge < -0.3 is 24.4 Å². The zero-order valence-electron chi connectivity index (χ0n) is 27.4. The molecule has 2 N–H and O–H groups in total. The number of amides is 2. The van der Waals surface area contributed by atoms with E-state index in [4.69, 9.17) is 16.3 Å². The van der Waals surface area contributed by atoms with Crippen LogP contribution < -0.4 is 5.69 Å². The minimum Gasteiger partial charge on any atom is -0.436 e. The number of aromatic amines is 2. The van der Waals surface area contributed by atoms with Crippen molar-refractivity contribution < 1.29 is 14.3 Å².